The van der Waals surface area contributed by atoms with Gasteiger partial charge in [0.15, 0.2) is 11.5 Å². The minimum Gasteiger partial charge on any atom is -0.486 e. The number of ether oxygens (including phenoxy) is 2. The standard InChI is InChI=1S/C22H19N3O5/c26-20(24-15-3-1-14(2-4-15)21-23-8-10-30-21)17-7-9-25(22(17)27)16-5-6-18-19(13-16)29-12-11-28-18/h1-6,8,10,13,17H,7,9,11-12H2,(H,24,26). The number of nitrogens with zero attached hydrogens (tertiary/aromatic N) is 2. The maximum absolute atomic E-state index is 12.9. The molecule has 2 aliphatic rings. The number of oxazole rings is 1. The van der Waals surface area contributed by atoms with Gasteiger partial charge in [-0.3, -0.25) is 9.59 Å². The molecule has 2 amide bonds. The van der Waals surface area contributed by atoms with Crippen LogP contribution in [0.4, 0.5) is 11.4 Å². The zero-order chi connectivity index (χ0) is 20.5. The van der Waals surface area contributed by atoms with E-state index in [2.05, 4.69) is 10.3 Å². The summed E-state index contributed by atoms with van der Waals surface area (Å²) >= 11 is 0. The zero-order valence-corrected chi connectivity index (χ0v) is 16.0. The van der Waals surface area contributed by atoms with E-state index in [0.717, 1.165) is 5.56 Å². The molecule has 1 aromatic heterocycles. The molecule has 0 bridgehead atoms. The molecule has 2 aromatic carbocycles. The summed E-state index contributed by atoms with van der Waals surface area (Å²) in [5, 5.41) is 2.83. The van der Waals surface area contributed by atoms with Crippen LogP contribution in [-0.4, -0.2) is 36.6 Å². The third-order valence-electron chi connectivity index (χ3n) is 5.19. The molecule has 1 fully saturated rings. The molecule has 1 N–H and O–H groups in total. The minimum absolute atomic E-state index is 0.222. The van der Waals surface area contributed by atoms with Gasteiger partial charge in [-0.2, -0.15) is 0 Å². The van der Waals surface area contributed by atoms with Gasteiger partial charge in [0.25, 0.3) is 0 Å². The van der Waals surface area contributed by atoms with Crippen molar-refractivity contribution in [3.8, 4) is 23.0 Å². The number of rotatable bonds is 4. The van der Waals surface area contributed by atoms with Crippen LogP contribution in [0.1, 0.15) is 6.42 Å². The lowest BCUT2D eigenvalue weighted by Gasteiger charge is -2.22. The van der Waals surface area contributed by atoms with Gasteiger partial charge in [-0.05, 0) is 42.8 Å². The average Bonchev–Trinajstić information content (AvgIpc) is 3.44. The van der Waals surface area contributed by atoms with Crippen LogP contribution in [0, 0.1) is 5.92 Å². The number of aromatic nitrogens is 1. The quantitative estimate of drug-likeness (QED) is 0.671. The van der Waals surface area contributed by atoms with Crippen LogP contribution in [0.3, 0.4) is 0 Å². The summed E-state index contributed by atoms with van der Waals surface area (Å²) in [7, 11) is 0. The summed E-state index contributed by atoms with van der Waals surface area (Å²) in [6.45, 7) is 1.46. The van der Waals surface area contributed by atoms with Crippen molar-refractivity contribution in [2.45, 2.75) is 6.42 Å². The van der Waals surface area contributed by atoms with Gasteiger partial charge in [-0.15, -0.1) is 0 Å². The van der Waals surface area contributed by atoms with Crippen molar-refractivity contribution in [1.29, 1.82) is 0 Å². The van der Waals surface area contributed by atoms with Gasteiger partial charge in [-0.1, -0.05) is 0 Å². The number of benzene rings is 2. The summed E-state index contributed by atoms with van der Waals surface area (Å²) in [6, 6.07) is 12.5. The molecular weight excluding hydrogens is 386 g/mol. The Morgan fingerprint density at radius 1 is 1.07 bits per heavy atom. The van der Waals surface area contributed by atoms with Gasteiger partial charge in [0.05, 0.1) is 6.20 Å². The highest BCUT2D eigenvalue weighted by Crippen LogP contribution is 2.36. The van der Waals surface area contributed by atoms with E-state index in [1.165, 1.54) is 6.26 Å². The summed E-state index contributed by atoms with van der Waals surface area (Å²) in [5.41, 5.74) is 2.12. The summed E-state index contributed by atoms with van der Waals surface area (Å²) in [5.74, 6) is 0.521. The maximum atomic E-state index is 12.9. The second kappa shape index (κ2) is 7.55. The number of anilines is 2. The van der Waals surface area contributed by atoms with Crippen molar-refractivity contribution in [1.82, 2.24) is 4.98 Å². The van der Waals surface area contributed by atoms with Crippen LogP contribution < -0.4 is 19.7 Å². The second-order valence-corrected chi connectivity index (χ2v) is 7.06. The zero-order valence-electron chi connectivity index (χ0n) is 16.0. The smallest absolute Gasteiger partial charge is 0.239 e. The predicted molar refractivity (Wildman–Crippen MR) is 108 cm³/mol. The molecule has 1 unspecified atom stereocenters. The molecule has 3 aromatic rings. The number of carbonyl (C=O) groups excluding carboxylic acids is 2. The van der Waals surface area contributed by atoms with Gasteiger partial charge in [0.1, 0.15) is 25.4 Å². The summed E-state index contributed by atoms with van der Waals surface area (Å²) in [6.07, 6.45) is 3.53. The topological polar surface area (TPSA) is 93.9 Å². The third kappa shape index (κ3) is 3.36. The first-order chi connectivity index (χ1) is 14.7. The van der Waals surface area contributed by atoms with Gasteiger partial charge in [-0.25, -0.2) is 4.98 Å². The lowest BCUT2D eigenvalue weighted by Crippen LogP contribution is -2.33. The fourth-order valence-corrected chi connectivity index (χ4v) is 3.67. The molecule has 30 heavy (non-hydrogen) atoms. The first-order valence-corrected chi connectivity index (χ1v) is 9.71. The van der Waals surface area contributed by atoms with Gasteiger partial charge in [0, 0.05) is 29.5 Å². The number of hydrogen-bond donors (Lipinski definition) is 1. The normalized spacial score (nSPS) is 17.8. The largest absolute Gasteiger partial charge is 0.486 e. The van der Waals surface area contributed by atoms with Gasteiger partial charge >= 0.3 is 0 Å². The Balaban J connectivity index is 1.26. The number of hydrogen-bond acceptors (Lipinski definition) is 6. The lowest BCUT2D eigenvalue weighted by molar-refractivity contribution is -0.129. The molecule has 0 saturated carbocycles. The van der Waals surface area contributed by atoms with Crippen LogP contribution in [-0.2, 0) is 9.59 Å². The van der Waals surface area contributed by atoms with E-state index in [9.17, 15) is 9.59 Å². The van der Waals surface area contributed by atoms with Crippen molar-refractivity contribution in [3.63, 3.8) is 0 Å². The highest BCUT2D eigenvalue weighted by atomic mass is 16.6. The number of nitrogens with one attached hydrogen (secondary N) is 1. The molecule has 0 radical (unpaired) electrons. The Morgan fingerprint density at radius 2 is 1.87 bits per heavy atom. The fourth-order valence-electron chi connectivity index (χ4n) is 3.67. The lowest BCUT2D eigenvalue weighted by atomic mass is 10.1. The Morgan fingerprint density at radius 3 is 2.63 bits per heavy atom. The van der Waals surface area contributed by atoms with Crippen LogP contribution in [0.15, 0.2) is 59.3 Å². The summed E-state index contributed by atoms with van der Waals surface area (Å²) < 4.78 is 16.4. The first-order valence-electron chi connectivity index (χ1n) is 9.71. The predicted octanol–water partition coefficient (Wildman–Crippen LogP) is 3.10. The maximum Gasteiger partial charge on any atom is 0.239 e. The Hall–Kier alpha value is -3.81. The number of carbonyl (C=O) groups is 2. The molecular formula is C22H19N3O5. The molecule has 2 aliphatic heterocycles. The molecule has 8 nitrogen and oxygen atoms in total. The Labute approximate surface area is 172 Å². The van der Waals surface area contributed by atoms with E-state index in [1.807, 2.05) is 6.07 Å². The van der Waals surface area contributed by atoms with Crippen molar-refractivity contribution in [2.24, 2.45) is 5.92 Å². The molecule has 3 heterocycles. The van der Waals surface area contributed by atoms with Crippen molar-refractivity contribution in [2.75, 3.05) is 30.0 Å². The molecule has 0 aliphatic carbocycles. The van der Waals surface area contributed by atoms with Crippen LogP contribution in [0.25, 0.3) is 11.5 Å². The van der Waals surface area contributed by atoms with Crippen molar-refractivity contribution < 1.29 is 23.5 Å². The van der Waals surface area contributed by atoms with E-state index in [0.29, 0.717) is 54.9 Å². The van der Waals surface area contributed by atoms with Crippen molar-refractivity contribution in [3.05, 3.63) is 54.9 Å². The monoisotopic (exact) mass is 405 g/mol. The van der Waals surface area contributed by atoms with Crippen LogP contribution >= 0.6 is 0 Å². The first kappa shape index (κ1) is 18.2. The highest BCUT2D eigenvalue weighted by molar-refractivity contribution is 6.13. The molecule has 0 spiro atoms. The molecule has 5 rings (SSSR count). The van der Waals surface area contributed by atoms with Gasteiger partial charge in [0.2, 0.25) is 17.7 Å². The van der Waals surface area contributed by atoms with Crippen LogP contribution in [0.5, 0.6) is 11.5 Å². The van der Waals surface area contributed by atoms with E-state index in [4.69, 9.17) is 13.9 Å². The SMILES string of the molecule is O=C(Nc1ccc(-c2ncco2)cc1)C1CCN(c2ccc3c(c2)OCCO3)C1=O. The van der Waals surface area contributed by atoms with Crippen molar-refractivity contribution >= 4 is 23.2 Å². The molecule has 1 saturated heterocycles. The number of amides is 2. The molecule has 152 valence electrons. The van der Waals surface area contributed by atoms with E-state index < -0.39 is 5.92 Å². The summed E-state index contributed by atoms with van der Waals surface area (Å²) in [4.78, 5) is 31.3. The highest BCUT2D eigenvalue weighted by Gasteiger charge is 2.38. The molecule has 1 atom stereocenters. The van der Waals surface area contributed by atoms with E-state index >= 15 is 0 Å². The second-order valence-electron chi connectivity index (χ2n) is 7.06. The fraction of sp³-hybridized carbons (Fsp3) is 0.227. The molecule has 8 heteroatoms. The Kier molecular flexibility index (Phi) is 4.59. The van der Waals surface area contributed by atoms with E-state index in [1.54, 1.807) is 47.5 Å². The van der Waals surface area contributed by atoms with E-state index in [-0.39, 0.29) is 11.8 Å². The van der Waals surface area contributed by atoms with Gasteiger partial charge < -0.3 is 24.1 Å². The third-order valence-corrected chi connectivity index (χ3v) is 5.19. The minimum atomic E-state index is -0.732. The van der Waals surface area contributed by atoms with Crippen LogP contribution in [0.2, 0.25) is 0 Å². The Bertz CT molecular complexity index is 1080. The average molecular weight is 405 g/mol. The number of fused-ring (bicyclic) bond motifs is 1.